The topological polar surface area (TPSA) is 81.3 Å². The van der Waals surface area contributed by atoms with Gasteiger partial charge in [-0.2, -0.15) is 0 Å². The molecule has 1 amide bonds. The van der Waals surface area contributed by atoms with Crippen LogP contribution in [0.1, 0.15) is 5.82 Å². The fourth-order valence-electron chi connectivity index (χ4n) is 2.92. The van der Waals surface area contributed by atoms with Gasteiger partial charge in [0.2, 0.25) is 5.91 Å². The molecular formula is C20H17N5O2. The van der Waals surface area contributed by atoms with E-state index in [0.29, 0.717) is 17.2 Å². The second-order valence-electron chi connectivity index (χ2n) is 6.10. The van der Waals surface area contributed by atoms with Crippen LogP contribution in [-0.2, 0) is 11.3 Å². The predicted molar refractivity (Wildman–Crippen MR) is 102 cm³/mol. The van der Waals surface area contributed by atoms with E-state index in [1.54, 1.807) is 25.1 Å². The van der Waals surface area contributed by atoms with Gasteiger partial charge < -0.3 is 5.32 Å². The van der Waals surface area contributed by atoms with Crippen LogP contribution in [0.5, 0.6) is 0 Å². The van der Waals surface area contributed by atoms with E-state index in [-0.39, 0.29) is 12.5 Å². The Morgan fingerprint density at radius 3 is 2.41 bits per heavy atom. The molecule has 0 saturated heterocycles. The third kappa shape index (κ3) is 3.35. The minimum absolute atomic E-state index is 0.171. The van der Waals surface area contributed by atoms with E-state index >= 15 is 0 Å². The number of benzene rings is 2. The van der Waals surface area contributed by atoms with Crippen molar-refractivity contribution in [2.75, 3.05) is 5.32 Å². The van der Waals surface area contributed by atoms with Crippen molar-refractivity contribution in [1.29, 1.82) is 0 Å². The first kappa shape index (κ1) is 16.7. The highest BCUT2D eigenvalue weighted by Crippen LogP contribution is 2.18. The molecule has 27 heavy (non-hydrogen) atoms. The standard InChI is InChI=1S/C20H17N5O2/c1-14-21-17(15-8-4-2-5-9-15)12-18-23-24(20(27)25(14)18)13-19(26)22-16-10-6-3-7-11-16/h2-12H,13H2,1H3,(H,22,26). The number of nitrogens with one attached hydrogen (secondary N) is 1. The van der Waals surface area contributed by atoms with Crippen molar-refractivity contribution < 1.29 is 4.79 Å². The molecule has 4 rings (SSSR count). The molecule has 0 unspecified atom stereocenters. The highest BCUT2D eigenvalue weighted by atomic mass is 16.2. The van der Waals surface area contributed by atoms with Gasteiger partial charge in [0.15, 0.2) is 5.65 Å². The van der Waals surface area contributed by atoms with E-state index in [2.05, 4.69) is 15.4 Å². The van der Waals surface area contributed by atoms with Crippen molar-refractivity contribution in [2.24, 2.45) is 0 Å². The van der Waals surface area contributed by atoms with Gasteiger partial charge in [-0.25, -0.2) is 18.9 Å². The second kappa shape index (κ2) is 6.87. The molecule has 2 heterocycles. The Morgan fingerprint density at radius 1 is 1.04 bits per heavy atom. The molecule has 7 nitrogen and oxygen atoms in total. The van der Waals surface area contributed by atoms with Crippen LogP contribution in [0.3, 0.4) is 0 Å². The van der Waals surface area contributed by atoms with Crippen LogP contribution in [0, 0.1) is 6.92 Å². The van der Waals surface area contributed by atoms with Gasteiger partial charge >= 0.3 is 5.69 Å². The van der Waals surface area contributed by atoms with Crippen molar-refractivity contribution in [3.05, 3.63) is 83.0 Å². The largest absolute Gasteiger partial charge is 0.352 e. The van der Waals surface area contributed by atoms with E-state index in [4.69, 9.17) is 0 Å². The third-order valence-electron chi connectivity index (χ3n) is 4.16. The zero-order chi connectivity index (χ0) is 18.8. The number of aromatic nitrogens is 4. The van der Waals surface area contributed by atoms with E-state index in [0.717, 1.165) is 15.9 Å². The lowest BCUT2D eigenvalue weighted by molar-refractivity contribution is -0.117. The number of para-hydroxylation sites is 1. The van der Waals surface area contributed by atoms with Gasteiger partial charge in [-0.05, 0) is 19.1 Å². The summed E-state index contributed by atoms with van der Waals surface area (Å²) in [7, 11) is 0. The van der Waals surface area contributed by atoms with Crippen molar-refractivity contribution in [1.82, 2.24) is 19.2 Å². The summed E-state index contributed by atoms with van der Waals surface area (Å²) in [6.45, 7) is 1.58. The summed E-state index contributed by atoms with van der Waals surface area (Å²) >= 11 is 0. The highest BCUT2D eigenvalue weighted by molar-refractivity contribution is 5.90. The van der Waals surface area contributed by atoms with Gasteiger partial charge in [0.05, 0.1) is 5.69 Å². The summed E-state index contributed by atoms with van der Waals surface area (Å²) in [5, 5.41) is 7.06. The van der Waals surface area contributed by atoms with Crippen molar-refractivity contribution in [3.8, 4) is 11.3 Å². The molecule has 0 bridgehead atoms. The lowest BCUT2D eigenvalue weighted by Crippen LogP contribution is -2.28. The number of rotatable bonds is 4. The summed E-state index contributed by atoms with van der Waals surface area (Å²) < 4.78 is 2.55. The molecule has 2 aromatic heterocycles. The Balaban J connectivity index is 1.66. The Kier molecular flexibility index (Phi) is 4.25. The number of nitrogens with zero attached hydrogens (tertiary/aromatic N) is 4. The molecular weight excluding hydrogens is 342 g/mol. The zero-order valence-corrected chi connectivity index (χ0v) is 14.7. The Hall–Kier alpha value is -3.74. The lowest BCUT2D eigenvalue weighted by Gasteiger charge is -2.03. The van der Waals surface area contributed by atoms with Gasteiger partial charge in [0.1, 0.15) is 12.4 Å². The first-order valence-corrected chi connectivity index (χ1v) is 8.49. The monoisotopic (exact) mass is 359 g/mol. The van der Waals surface area contributed by atoms with Crippen molar-refractivity contribution in [3.63, 3.8) is 0 Å². The van der Waals surface area contributed by atoms with E-state index in [1.165, 1.54) is 4.40 Å². The molecule has 0 aliphatic heterocycles. The number of carbonyl (C=O) groups is 1. The minimum atomic E-state index is -0.391. The van der Waals surface area contributed by atoms with Crippen LogP contribution in [0.15, 0.2) is 71.5 Å². The maximum absolute atomic E-state index is 12.6. The van der Waals surface area contributed by atoms with Crippen LogP contribution < -0.4 is 11.0 Å². The normalized spacial score (nSPS) is 10.9. The number of aryl methyl sites for hydroxylation is 1. The fraction of sp³-hybridized carbons (Fsp3) is 0.100. The molecule has 0 fully saturated rings. The van der Waals surface area contributed by atoms with Crippen LogP contribution in [0.4, 0.5) is 5.69 Å². The molecule has 0 spiro atoms. The molecule has 1 N–H and O–H groups in total. The molecule has 7 heteroatoms. The van der Waals surface area contributed by atoms with Gasteiger partial charge in [-0.1, -0.05) is 48.5 Å². The second-order valence-corrected chi connectivity index (χ2v) is 6.10. The fourth-order valence-corrected chi connectivity index (χ4v) is 2.92. The number of fused-ring (bicyclic) bond motifs is 1. The third-order valence-corrected chi connectivity index (χ3v) is 4.16. The smallest absolute Gasteiger partial charge is 0.324 e. The van der Waals surface area contributed by atoms with Crippen LogP contribution in [0.2, 0.25) is 0 Å². The molecule has 0 radical (unpaired) electrons. The molecule has 134 valence electrons. The Bertz CT molecular complexity index is 1160. The summed E-state index contributed by atoms with van der Waals surface area (Å²) in [5.74, 6) is 0.201. The lowest BCUT2D eigenvalue weighted by atomic mass is 10.1. The molecule has 0 aliphatic carbocycles. The SMILES string of the molecule is Cc1nc(-c2ccccc2)cc2nn(CC(=O)Nc3ccccc3)c(=O)n12. The Morgan fingerprint density at radius 2 is 1.70 bits per heavy atom. The predicted octanol–water partition coefficient (Wildman–Crippen LogP) is 2.51. The number of hydrogen-bond acceptors (Lipinski definition) is 4. The number of hydrogen-bond donors (Lipinski definition) is 1. The van der Waals surface area contributed by atoms with E-state index < -0.39 is 5.69 Å². The first-order chi connectivity index (χ1) is 13.1. The molecule has 0 atom stereocenters. The quantitative estimate of drug-likeness (QED) is 0.607. The average molecular weight is 359 g/mol. The van der Waals surface area contributed by atoms with E-state index in [1.807, 2.05) is 48.5 Å². The maximum atomic E-state index is 12.6. The van der Waals surface area contributed by atoms with Crippen LogP contribution in [-0.4, -0.2) is 25.1 Å². The first-order valence-electron chi connectivity index (χ1n) is 8.49. The van der Waals surface area contributed by atoms with Gasteiger partial charge in [0.25, 0.3) is 0 Å². The Labute approximate surface area is 154 Å². The van der Waals surface area contributed by atoms with Crippen molar-refractivity contribution >= 4 is 17.2 Å². The molecule has 0 saturated carbocycles. The summed E-state index contributed by atoms with van der Waals surface area (Å²) in [6, 6.07) is 20.5. The molecule has 4 aromatic rings. The van der Waals surface area contributed by atoms with Crippen molar-refractivity contribution in [2.45, 2.75) is 13.5 Å². The van der Waals surface area contributed by atoms with Crippen LogP contribution in [0.25, 0.3) is 16.9 Å². The number of anilines is 1. The zero-order valence-electron chi connectivity index (χ0n) is 14.7. The average Bonchev–Trinajstić information content (AvgIpc) is 2.99. The van der Waals surface area contributed by atoms with Gasteiger partial charge in [-0.15, -0.1) is 5.10 Å². The maximum Gasteiger partial charge on any atom is 0.352 e. The number of carbonyl (C=O) groups excluding carboxylic acids is 1. The highest BCUT2D eigenvalue weighted by Gasteiger charge is 2.14. The molecule has 0 aliphatic rings. The molecule has 2 aromatic carbocycles. The number of amides is 1. The van der Waals surface area contributed by atoms with Gasteiger partial charge in [-0.3, -0.25) is 4.79 Å². The van der Waals surface area contributed by atoms with Crippen LogP contribution >= 0.6 is 0 Å². The summed E-state index contributed by atoms with van der Waals surface area (Å²) in [6.07, 6.45) is 0. The minimum Gasteiger partial charge on any atom is -0.324 e. The van der Waals surface area contributed by atoms with E-state index in [9.17, 15) is 9.59 Å². The van der Waals surface area contributed by atoms with Gasteiger partial charge in [0, 0.05) is 17.3 Å². The summed E-state index contributed by atoms with van der Waals surface area (Å²) in [5.41, 5.74) is 2.40. The summed E-state index contributed by atoms with van der Waals surface area (Å²) in [4.78, 5) is 29.4.